The van der Waals surface area contributed by atoms with E-state index in [1.807, 2.05) is 6.20 Å². The predicted molar refractivity (Wildman–Crippen MR) is 78.9 cm³/mol. The summed E-state index contributed by atoms with van der Waals surface area (Å²) in [6, 6.07) is 6.57. The highest BCUT2D eigenvalue weighted by atomic mass is 32.1. The molecule has 96 valence electrons. The van der Waals surface area contributed by atoms with Crippen molar-refractivity contribution in [2.75, 3.05) is 0 Å². The highest BCUT2D eigenvalue weighted by molar-refractivity contribution is 7.15. The van der Waals surface area contributed by atoms with E-state index in [4.69, 9.17) is 5.73 Å². The van der Waals surface area contributed by atoms with E-state index in [1.54, 1.807) is 11.3 Å². The molecular weight excluding hydrogens is 240 g/mol. The third-order valence-corrected chi connectivity index (χ3v) is 4.42. The van der Waals surface area contributed by atoms with E-state index in [0.717, 1.165) is 18.5 Å². The van der Waals surface area contributed by atoms with Crippen LogP contribution in [0, 0.1) is 13.8 Å². The number of hydrogen-bond acceptors (Lipinski definition) is 3. The Morgan fingerprint density at radius 1 is 1.28 bits per heavy atom. The molecule has 2 rings (SSSR count). The maximum Gasteiger partial charge on any atom is 0.0461 e. The van der Waals surface area contributed by atoms with Gasteiger partial charge in [0, 0.05) is 33.3 Å². The van der Waals surface area contributed by atoms with Crippen LogP contribution < -0.4 is 5.73 Å². The van der Waals surface area contributed by atoms with E-state index in [0.29, 0.717) is 0 Å². The summed E-state index contributed by atoms with van der Waals surface area (Å²) < 4.78 is 0. The average molecular weight is 260 g/mol. The van der Waals surface area contributed by atoms with Crippen LogP contribution in [0.15, 0.2) is 24.4 Å². The van der Waals surface area contributed by atoms with Crippen molar-refractivity contribution in [3.05, 3.63) is 40.5 Å². The lowest BCUT2D eigenvalue weighted by molar-refractivity contribution is 0.648. The average Bonchev–Trinajstić information content (AvgIpc) is 2.78. The predicted octanol–water partition coefficient (Wildman–Crippen LogP) is 4.23. The molecular formula is C15H20N2S. The van der Waals surface area contributed by atoms with Crippen LogP contribution in [0.4, 0.5) is 0 Å². The highest BCUT2D eigenvalue weighted by Crippen LogP contribution is 2.34. The third-order valence-electron chi connectivity index (χ3n) is 3.19. The molecule has 0 aliphatic heterocycles. The number of rotatable bonds is 4. The summed E-state index contributed by atoms with van der Waals surface area (Å²) in [5.74, 6) is 0. The summed E-state index contributed by atoms with van der Waals surface area (Å²) in [5, 5.41) is 0. The normalized spacial score (nSPS) is 12.7. The van der Waals surface area contributed by atoms with Crippen LogP contribution in [0.3, 0.4) is 0 Å². The fraction of sp³-hybridized carbons (Fsp3) is 0.400. The zero-order valence-electron chi connectivity index (χ0n) is 11.2. The summed E-state index contributed by atoms with van der Waals surface area (Å²) in [4.78, 5) is 6.93. The van der Waals surface area contributed by atoms with Gasteiger partial charge in [-0.05, 0) is 44.0 Å². The van der Waals surface area contributed by atoms with Gasteiger partial charge in [-0.1, -0.05) is 13.3 Å². The summed E-state index contributed by atoms with van der Waals surface area (Å²) in [5.41, 5.74) is 9.80. The van der Waals surface area contributed by atoms with E-state index in [9.17, 15) is 0 Å². The molecule has 0 radical (unpaired) electrons. The quantitative estimate of drug-likeness (QED) is 0.893. The number of pyridine rings is 1. The standard InChI is InChI=1S/C15H20N2S/c1-4-5-12(16)13-6-7-14(18-13)15-10(2)8-9-17-11(15)3/h6-9,12H,4-5,16H2,1-3H3. The second-order valence-electron chi connectivity index (χ2n) is 4.69. The molecule has 1 unspecified atom stereocenters. The molecule has 3 heteroatoms. The van der Waals surface area contributed by atoms with Gasteiger partial charge in [0.1, 0.15) is 0 Å². The summed E-state index contributed by atoms with van der Waals surface area (Å²) in [6.45, 7) is 6.37. The van der Waals surface area contributed by atoms with Gasteiger partial charge in [0.15, 0.2) is 0 Å². The summed E-state index contributed by atoms with van der Waals surface area (Å²) in [7, 11) is 0. The van der Waals surface area contributed by atoms with Gasteiger partial charge in [-0.25, -0.2) is 0 Å². The fourth-order valence-electron chi connectivity index (χ4n) is 2.21. The van der Waals surface area contributed by atoms with Crippen LogP contribution in [0.5, 0.6) is 0 Å². The molecule has 0 aliphatic rings. The van der Waals surface area contributed by atoms with E-state index in [-0.39, 0.29) is 6.04 Å². The highest BCUT2D eigenvalue weighted by Gasteiger charge is 2.12. The van der Waals surface area contributed by atoms with Crippen LogP contribution >= 0.6 is 11.3 Å². The lowest BCUT2D eigenvalue weighted by atomic mass is 10.1. The van der Waals surface area contributed by atoms with Crippen molar-refractivity contribution in [1.82, 2.24) is 4.98 Å². The van der Waals surface area contributed by atoms with Crippen molar-refractivity contribution >= 4 is 11.3 Å². The maximum atomic E-state index is 6.17. The minimum Gasteiger partial charge on any atom is -0.323 e. The molecule has 0 saturated carbocycles. The summed E-state index contributed by atoms with van der Waals surface area (Å²) >= 11 is 1.80. The molecule has 0 saturated heterocycles. The number of nitrogens with two attached hydrogens (primary N) is 1. The van der Waals surface area contributed by atoms with Crippen LogP contribution in [-0.4, -0.2) is 4.98 Å². The first-order valence-corrected chi connectivity index (χ1v) is 7.23. The third kappa shape index (κ3) is 2.62. The van der Waals surface area contributed by atoms with Gasteiger partial charge in [-0.3, -0.25) is 4.98 Å². The van der Waals surface area contributed by atoms with Crippen LogP contribution in [0.25, 0.3) is 10.4 Å². The maximum absolute atomic E-state index is 6.17. The topological polar surface area (TPSA) is 38.9 Å². The SMILES string of the molecule is CCCC(N)c1ccc(-c2c(C)ccnc2C)s1. The minimum absolute atomic E-state index is 0.172. The smallest absolute Gasteiger partial charge is 0.0461 e. The molecule has 0 fully saturated rings. The van der Waals surface area contributed by atoms with Gasteiger partial charge in [0.05, 0.1) is 0 Å². The van der Waals surface area contributed by atoms with Crippen molar-refractivity contribution in [3.63, 3.8) is 0 Å². The number of hydrogen-bond donors (Lipinski definition) is 1. The second kappa shape index (κ2) is 5.63. The molecule has 0 aliphatic carbocycles. The Bertz CT molecular complexity index is 511. The zero-order valence-corrected chi connectivity index (χ0v) is 12.1. The molecule has 2 aromatic heterocycles. The van der Waals surface area contributed by atoms with Crippen molar-refractivity contribution in [1.29, 1.82) is 0 Å². The van der Waals surface area contributed by atoms with Crippen LogP contribution in [-0.2, 0) is 0 Å². The zero-order chi connectivity index (χ0) is 13.1. The Kier molecular flexibility index (Phi) is 4.15. The number of aryl methyl sites for hydroxylation is 2. The molecule has 2 heterocycles. The number of thiophene rings is 1. The van der Waals surface area contributed by atoms with Crippen molar-refractivity contribution in [3.8, 4) is 10.4 Å². The van der Waals surface area contributed by atoms with E-state index in [1.165, 1.54) is 20.9 Å². The van der Waals surface area contributed by atoms with Crippen LogP contribution in [0.2, 0.25) is 0 Å². The molecule has 2 N–H and O–H groups in total. The Hall–Kier alpha value is -1.19. The van der Waals surface area contributed by atoms with E-state index in [2.05, 4.69) is 44.0 Å². The van der Waals surface area contributed by atoms with Crippen molar-refractivity contribution < 1.29 is 0 Å². The second-order valence-corrected chi connectivity index (χ2v) is 5.80. The first kappa shape index (κ1) is 13.2. The monoisotopic (exact) mass is 260 g/mol. The molecule has 2 aromatic rings. The number of nitrogens with zero attached hydrogens (tertiary/aromatic N) is 1. The first-order valence-electron chi connectivity index (χ1n) is 6.41. The van der Waals surface area contributed by atoms with E-state index < -0.39 is 0 Å². The van der Waals surface area contributed by atoms with Gasteiger partial charge < -0.3 is 5.73 Å². The minimum atomic E-state index is 0.172. The molecule has 2 nitrogen and oxygen atoms in total. The van der Waals surface area contributed by atoms with Gasteiger partial charge in [0.2, 0.25) is 0 Å². The molecule has 0 spiro atoms. The Morgan fingerprint density at radius 3 is 2.72 bits per heavy atom. The Balaban J connectivity index is 2.35. The van der Waals surface area contributed by atoms with Gasteiger partial charge in [0.25, 0.3) is 0 Å². The lowest BCUT2D eigenvalue weighted by Crippen LogP contribution is -2.07. The van der Waals surface area contributed by atoms with Gasteiger partial charge in [-0.2, -0.15) is 0 Å². The lowest BCUT2D eigenvalue weighted by Gasteiger charge is -2.08. The Labute approximate surface area is 113 Å². The van der Waals surface area contributed by atoms with Crippen LogP contribution in [0.1, 0.15) is 41.9 Å². The largest absolute Gasteiger partial charge is 0.323 e. The first-order chi connectivity index (χ1) is 8.63. The van der Waals surface area contributed by atoms with Gasteiger partial charge >= 0.3 is 0 Å². The molecule has 18 heavy (non-hydrogen) atoms. The van der Waals surface area contributed by atoms with Crippen molar-refractivity contribution in [2.45, 2.75) is 39.7 Å². The molecule has 0 aromatic carbocycles. The fourth-order valence-corrected chi connectivity index (χ4v) is 3.41. The summed E-state index contributed by atoms with van der Waals surface area (Å²) in [6.07, 6.45) is 4.04. The molecule has 0 bridgehead atoms. The van der Waals surface area contributed by atoms with E-state index >= 15 is 0 Å². The molecule has 0 amide bonds. The number of aromatic nitrogens is 1. The Morgan fingerprint density at radius 2 is 2.06 bits per heavy atom. The molecule has 1 atom stereocenters. The van der Waals surface area contributed by atoms with Gasteiger partial charge in [-0.15, -0.1) is 11.3 Å². The van der Waals surface area contributed by atoms with Crippen molar-refractivity contribution in [2.24, 2.45) is 5.73 Å².